The van der Waals surface area contributed by atoms with Gasteiger partial charge in [0.15, 0.2) is 0 Å². The molecular weight excluding hydrogens is 341 g/mol. The van der Waals surface area contributed by atoms with Crippen molar-refractivity contribution in [3.8, 4) is 0 Å². The van der Waals surface area contributed by atoms with E-state index in [2.05, 4.69) is 0 Å². The van der Waals surface area contributed by atoms with Crippen molar-refractivity contribution in [2.75, 3.05) is 19.8 Å². The van der Waals surface area contributed by atoms with Gasteiger partial charge in [-0.3, -0.25) is 30.3 Å². The summed E-state index contributed by atoms with van der Waals surface area (Å²) in [7, 11) is -1.45. The van der Waals surface area contributed by atoms with Gasteiger partial charge in [0.05, 0.1) is 0 Å². The van der Waals surface area contributed by atoms with Gasteiger partial charge >= 0.3 is 7.32 Å². The normalized spacial score (nSPS) is 14.5. The molecule has 0 fully saturated rings. The lowest BCUT2D eigenvalue weighted by atomic mass is 10.1. The number of hydrogen-bond acceptors (Lipinski definition) is 9. The molecule has 0 aromatic heterocycles. The van der Waals surface area contributed by atoms with E-state index < -0.39 is 40.2 Å². The van der Waals surface area contributed by atoms with Crippen LogP contribution in [0, 0.1) is 30.3 Å². The Balaban J connectivity index is 4.76. The van der Waals surface area contributed by atoms with Crippen LogP contribution in [0.2, 0.25) is 0 Å². The van der Waals surface area contributed by atoms with Gasteiger partial charge in [-0.25, -0.2) is 0 Å². The van der Waals surface area contributed by atoms with Gasteiger partial charge in [-0.1, -0.05) is 20.8 Å². The van der Waals surface area contributed by atoms with Crippen LogP contribution in [0.3, 0.4) is 0 Å². The van der Waals surface area contributed by atoms with Gasteiger partial charge in [0, 0.05) is 34.0 Å². The summed E-state index contributed by atoms with van der Waals surface area (Å²) in [5.74, 6) is 0. The maximum absolute atomic E-state index is 10.8. The molecule has 0 amide bonds. The molecule has 3 atom stereocenters. The predicted molar refractivity (Wildman–Crippen MR) is 86.8 cm³/mol. The summed E-state index contributed by atoms with van der Waals surface area (Å²) >= 11 is 0. The summed E-state index contributed by atoms with van der Waals surface area (Å²) in [6, 6.07) is -2.99. The van der Waals surface area contributed by atoms with Crippen molar-refractivity contribution in [1.82, 2.24) is 0 Å². The van der Waals surface area contributed by atoms with Crippen molar-refractivity contribution < 1.29 is 28.7 Å². The summed E-state index contributed by atoms with van der Waals surface area (Å²) in [6.45, 7) is 3.81. The Bertz CT molecular complexity index is 378. The lowest BCUT2D eigenvalue weighted by Gasteiger charge is -2.17. The van der Waals surface area contributed by atoms with Crippen LogP contribution in [0.5, 0.6) is 0 Å². The second-order valence-electron chi connectivity index (χ2n) is 5.33. The molecule has 0 spiro atoms. The molecular formula is C12H24BN3O9. The van der Waals surface area contributed by atoms with Crippen LogP contribution in [0.4, 0.5) is 0 Å². The van der Waals surface area contributed by atoms with Crippen molar-refractivity contribution in [1.29, 1.82) is 0 Å². The summed E-state index contributed by atoms with van der Waals surface area (Å²) < 4.78 is 15.5. The molecule has 0 aromatic rings. The molecule has 12 nitrogen and oxygen atoms in total. The van der Waals surface area contributed by atoms with Gasteiger partial charge in [-0.15, -0.1) is 0 Å². The number of rotatable bonds is 15. The van der Waals surface area contributed by atoms with Crippen LogP contribution < -0.4 is 0 Å². The molecule has 0 aromatic carbocycles. The molecule has 0 unspecified atom stereocenters. The van der Waals surface area contributed by atoms with Crippen molar-refractivity contribution in [2.45, 2.75) is 58.2 Å². The third kappa shape index (κ3) is 9.26. The highest BCUT2D eigenvalue weighted by Gasteiger charge is 2.32. The standard InChI is InChI=1S/C12H24BN3O9/c1-4-10(14(17)18)7-23-13(24-8-11(5-2)15(19)20)25-9-12(6-3)16(21)22/h10-12H,4-9H2,1-3H3/t10-,11-,12-/m1/s1. The van der Waals surface area contributed by atoms with E-state index in [9.17, 15) is 30.3 Å². The summed E-state index contributed by atoms with van der Waals surface area (Å²) in [6.07, 6.45) is 0.621. The Morgan fingerprint density at radius 1 is 0.680 bits per heavy atom. The highest BCUT2D eigenvalue weighted by atomic mass is 16.7. The quantitative estimate of drug-likeness (QED) is 0.236. The van der Waals surface area contributed by atoms with Crippen LogP contribution in [-0.2, 0) is 14.0 Å². The minimum atomic E-state index is -1.45. The van der Waals surface area contributed by atoms with Gasteiger partial charge in [-0.05, 0) is 0 Å². The van der Waals surface area contributed by atoms with Crippen LogP contribution in [0.1, 0.15) is 40.0 Å². The Hall–Kier alpha value is -1.86. The lowest BCUT2D eigenvalue weighted by Crippen LogP contribution is -2.39. The fourth-order valence-electron chi connectivity index (χ4n) is 1.70. The van der Waals surface area contributed by atoms with E-state index in [0.29, 0.717) is 0 Å². The average Bonchev–Trinajstić information content (AvgIpc) is 2.54. The fourth-order valence-corrected chi connectivity index (χ4v) is 1.70. The number of nitrogens with zero attached hydrogens (tertiary/aromatic N) is 3. The zero-order chi connectivity index (χ0) is 19.4. The Labute approximate surface area is 145 Å². The van der Waals surface area contributed by atoms with Crippen LogP contribution in [-0.4, -0.2) is 60.0 Å². The molecule has 13 heteroatoms. The van der Waals surface area contributed by atoms with E-state index in [-0.39, 0.29) is 39.1 Å². The van der Waals surface area contributed by atoms with E-state index in [0.717, 1.165) is 0 Å². The van der Waals surface area contributed by atoms with E-state index >= 15 is 0 Å². The maximum Gasteiger partial charge on any atom is 0.640 e. The molecule has 0 bridgehead atoms. The first-order valence-electron chi connectivity index (χ1n) is 8.01. The van der Waals surface area contributed by atoms with Gasteiger partial charge in [-0.2, -0.15) is 0 Å². The molecule has 0 aliphatic rings. The van der Waals surface area contributed by atoms with E-state index in [1.54, 1.807) is 20.8 Å². The lowest BCUT2D eigenvalue weighted by molar-refractivity contribution is -0.528. The second-order valence-corrected chi connectivity index (χ2v) is 5.33. The third-order valence-electron chi connectivity index (χ3n) is 3.58. The first-order valence-corrected chi connectivity index (χ1v) is 8.01. The van der Waals surface area contributed by atoms with E-state index in [1.807, 2.05) is 0 Å². The molecule has 0 N–H and O–H groups in total. The zero-order valence-electron chi connectivity index (χ0n) is 14.6. The summed E-state index contributed by atoms with van der Waals surface area (Å²) in [4.78, 5) is 30.9. The van der Waals surface area contributed by atoms with E-state index in [4.69, 9.17) is 14.0 Å². The molecule has 25 heavy (non-hydrogen) atoms. The molecule has 0 heterocycles. The SMILES string of the molecule is CC[C@H](COB(OC[C@@H](CC)[N+](=O)[O-])OC[C@@H](CC)[N+](=O)[O-])[N+](=O)[O-]. The van der Waals surface area contributed by atoms with Crippen LogP contribution in [0.25, 0.3) is 0 Å². The molecule has 0 saturated carbocycles. The maximum atomic E-state index is 10.8. The first kappa shape index (κ1) is 23.1. The van der Waals surface area contributed by atoms with Crippen LogP contribution in [0.15, 0.2) is 0 Å². The fraction of sp³-hybridized carbons (Fsp3) is 1.00. The van der Waals surface area contributed by atoms with Crippen LogP contribution >= 0.6 is 0 Å². The number of hydrogen-bond donors (Lipinski definition) is 0. The predicted octanol–water partition coefficient (Wildman–Crippen LogP) is 1.19. The average molecular weight is 365 g/mol. The van der Waals surface area contributed by atoms with Crippen molar-refractivity contribution >= 4 is 7.32 Å². The van der Waals surface area contributed by atoms with Gasteiger partial charge in [0.2, 0.25) is 18.1 Å². The Kier molecular flexibility index (Phi) is 11.6. The first-order chi connectivity index (χ1) is 11.8. The smallest absolute Gasteiger partial charge is 0.379 e. The van der Waals surface area contributed by atoms with E-state index in [1.165, 1.54) is 0 Å². The van der Waals surface area contributed by atoms with Gasteiger partial charge < -0.3 is 14.0 Å². The summed E-state index contributed by atoms with van der Waals surface area (Å²) in [5.41, 5.74) is 0. The van der Waals surface area contributed by atoms with Gasteiger partial charge in [0.25, 0.3) is 0 Å². The van der Waals surface area contributed by atoms with Crippen molar-refractivity contribution in [3.63, 3.8) is 0 Å². The topological polar surface area (TPSA) is 157 Å². The molecule has 0 saturated heterocycles. The Morgan fingerprint density at radius 2 is 0.920 bits per heavy atom. The molecule has 0 rings (SSSR count). The van der Waals surface area contributed by atoms with Gasteiger partial charge in [0.1, 0.15) is 19.8 Å². The van der Waals surface area contributed by atoms with Crippen molar-refractivity contribution in [2.24, 2.45) is 0 Å². The number of nitro groups is 3. The van der Waals surface area contributed by atoms with Crippen molar-refractivity contribution in [3.05, 3.63) is 30.3 Å². The minimum Gasteiger partial charge on any atom is -0.379 e. The monoisotopic (exact) mass is 365 g/mol. The third-order valence-corrected chi connectivity index (χ3v) is 3.58. The Morgan fingerprint density at radius 3 is 1.08 bits per heavy atom. The molecule has 144 valence electrons. The molecule has 0 aliphatic carbocycles. The molecule has 0 aliphatic heterocycles. The largest absolute Gasteiger partial charge is 0.640 e. The highest BCUT2D eigenvalue weighted by Crippen LogP contribution is 2.06. The molecule has 0 radical (unpaired) electrons. The summed E-state index contributed by atoms with van der Waals surface area (Å²) in [5, 5.41) is 32.4. The zero-order valence-corrected chi connectivity index (χ0v) is 14.6. The highest BCUT2D eigenvalue weighted by molar-refractivity contribution is 6.36. The second kappa shape index (κ2) is 12.5. The minimum absolute atomic E-state index is 0.207.